The zero-order chi connectivity index (χ0) is 25.0. The first kappa shape index (κ1) is 24.7. The summed E-state index contributed by atoms with van der Waals surface area (Å²) in [5, 5.41) is 12.2. The number of nitrogens with one attached hydrogen (secondary N) is 1. The number of ether oxygens (including phenoxy) is 2. The predicted molar refractivity (Wildman–Crippen MR) is 130 cm³/mol. The average Bonchev–Trinajstić information content (AvgIpc) is 3.18. The Bertz CT molecular complexity index is 1060. The van der Waals surface area contributed by atoms with Crippen LogP contribution in [0, 0.1) is 5.41 Å². The maximum Gasteiger partial charge on any atom is 0.407 e. The van der Waals surface area contributed by atoms with Crippen LogP contribution in [-0.4, -0.2) is 67.4 Å². The number of rotatable bonds is 8. The normalized spacial score (nSPS) is 20.0. The number of hydrogen-bond donors (Lipinski definition) is 2. The first-order valence-corrected chi connectivity index (χ1v) is 11.9. The van der Waals surface area contributed by atoms with Gasteiger partial charge in [-0.2, -0.15) is 0 Å². The second-order valence-corrected chi connectivity index (χ2v) is 9.55. The third-order valence-corrected chi connectivity index (χ3v) is 7.12. The molecule has 2 unspecified atom stereocenters. The van der Waals surface area contributed by atoms with Gasteiger partial charge in [0.1, 0.15) is 6.61 Å². The molecule has 0 spiro atoms. The van der Waals surface area contributed by atoms with Crippen LogP contribution < -0.4 is 5.32 Å². The molecule has 8 nitrogen and oxygen atoms in total. The Kier molecular flexibility index (Phi) is 7.40. The van der Waals surface area contributed by atoms with E-state index in [-0.39, 0.29) is 37.9 Å². The number of carbonyl (C=O) groups is 3. The molecule has 2 N–H and O–H groups in total. The van der Waals surface area contributed by atoms with Crippen LogP contribution in [0.1, 0.15) is 43.2 Å². The van der Waals surface area contributed by atoms with E-state index in [2.05, 4.69) is 29.6 Å². The number of nitrogens with zero attached hydrogens (tertiary/aromatic N) is 1. The highest BCUT2D eigenvalue weighted by Gasteiger charge is 2.39. The number of fused-ring (bicyclic) bond motifs is 3. The molecule has 0 radical (unpaired) electrons. The lowest BCUT2D eigenvalue weighted by Crippen LogP contribution is -2.49. The van der Waals surface area contributed by atoms with E-state index in [1.54, 1.807) is 11.8 Å². The molecule has 0 bridgehead atoms. The Morgan fingerprint density at radius 1 is 1.11 bits per heavy atom. The Hall–Kier alpha value is -3.39. The number of alkyl carbamates (subject to hydrolysis) is 1. The largest absolute Gasteiger partial charge is 0.481 e. The molecule has 186 valence electrons. The summed E-state index contributed by atoms with van der Waals surface area (Å²) in [7, 11) is 1.48. The lowest BCUT2D eigenvalue weighted by molar-refractivity contribution is -0.154. The van der Waals surface area contributed by atoms with Crippen molar-refractivity contribution in [3.8, 4) is 11.1 Å². The minimum absolute atomic E-state index is 0.0319. The second kappa shape index (κ2) is 10.5. The maximum atomic E-state index is 12.8. The van der Waals surface area contributed by atoms with Gasteiger partial charge in [0.05, 0.1) is 17.9 Å². The van der Waals surface area contributed by atoms with E-state index in [9.17, 15) is 19.5 Å². The lowest BCUT2D eigenvalue weighted by atomic mass is 9.82. The summed E-state index contributed by atoms with van der Waals surface area (Å²) in [5.74, 6) is -1.11. The van der Waals surface area contributed by atoms with Gasteiger partial charge in [-0.05, 0) is 42.0 Å². The van der Waals surface area contributed by atoms with Crippen molar-refractivity contribution in [1.82, 2.24) is 10.2 Å². The number of likely N-dealkylation sites (tertiary alicyclic amines) is 1. The van der Waals surface area contributed by atoms with E-state index in [0.29, 0.717) is 19.4 Å². The van der Waals surface area contributed by atoms with Crippen molar-refractivity contribution in [3.63, 3.8) is 0 Å². The number of piperidine rings is 1. The van der Waals surface area contributed by atoms with Gasteiger partial charge in [-0.3, -0.25) is 9.59 Å². The number of hydrogen-bond acceptors (Lipinski definition) is 5. The van der Waals surface area contributed by atoms with Crippen LogP contribution in [0.25, 0.3) is 11.1 Å². The van der Waals surface area contributed by atoms with Gasteiger partial charge in [-0.15, -0.1) is 0 Å². The third kappa shape index (κ3) is 5.32. The number of methoxy groups -OCH3 is 1. The minimum Gasteiger partial charge on any atom is -0.481 e. The molecule has 1 fully saturated rings. The van der Waals surface area contributed by atoms with Crippen molar-refractivity contribution in [2.24, 2.45) is 5.41 Å². The summed E-state index contributed by atoms with van der Waals surface area (Å²) in [6.45, 7) is 2.69. The summed E-state index contributed by atoms with van der Waals surface area (Å²) in [5.41, 5.74) is 3.66. The quantitative estimate of drug-likeness (QED) is 0.598. The van der Waals surface area contributed by atoms with Crippen LogP contribution in [0.5, 0.6) is 0 Å². The van der Waals surface area contributed by atoms with Gasteiger partial charge in [-0.25, -0.2) is 4.79 Å². The molecule has 2 aliphatic rings. The second-order valence-electron chi connectivity index (χ2n) is 9.55. The Balaban J connectivity index is 1.28. The average molecular weight is 481 g/mol. The molecule has 4 rings (SSSR count). The van der Waals surface area contributed by atoms with Crippen molar-refractivity contribution in [3.05, 3.63) is 59.7 Å². The van der Waals surface area contributed by atoms with E-state index in [1.165, 1.54) is 7.11 Å². The van der Waals surface area contributed by atoms with E-state index in [4.69, 9.17) is 9.47 Å². The molecule has 1 aliphatic carbocycles. The van der Waals surface area contributed by atoms with Crippen LogP contribution in [0.15, 0.2) is 48.5 Å². The summed E-state index contributed by atoms with van der Waals surface area (Å²) >= 11 is 0. The SMILES string of the molecule is COC(CNC(=O)OCC1c2ccccc2-c2ccccc21)CC(=O)N1CCCC(C)(C(=O)O)C1. The number of carboxylic acid groups (broad SMARTS) is 1. The molecule has 2 aromatic carbocycles. The molecular formula is C27H32N2O6. The minimum atomic E-state index is -0.935. The first-order valence-electron chi connectivity index (χ1n) is 11.9. The fourth-order valence-corrected chi connectivity index (χ4v) is 5.04. The van der Waals surface area contributed by atoms with Crippen molar-refractivity contribution >= 4 is 18.0 Å². The molecule has 35 heavy (non-hydrogen) atoms. The van der Waals surface area contributed by atoms with E-state index >= 15 is 0 Å². The van der Waals surface area contributed by atoms with Gasteiger partial charge in [0, 0.05) is 32.7 Å². The highest BCUT2D eigenvalue weighted by molar-refractivity contribution is 5.80. The molecule has 0 saturated carbocycles. The molecule has 0 aromatic heterocycles. The number of carboxylic acids is 1. The van der Waals surface area contributed by atoms with Gasteiger partial charge in [0.2, 0.25) is 5.91 Å². The van der Waals surface area contributed by atoms with Crippen molar-refractivity contribution in [2.45, 2.75) is 38.2 Å². The fourth-order valence-electron chi connectivity index (χ4n) is 5.04. The zero-order valence-electron chi connectivity index (χ0n) is 20.2. The molecule has 1 aliphatic heterocycles. The zero-order valence-corrected chi connectivity index (χ0v) is 20.2. The van der Waals surface area contributed by atoms with Crippen LogP contribution in [0.2, 0.25) is 0 Å². The van der Waals surface area contributed by atoms with Crippen LogP contribution in [0.4, 0.5) is 4.79 Å². The molecule has 2 aromatic rings. The Morgan fingerprint density at radius 2 is 1.74 bits per heavy atom. The van der Waals surface area contributed by atoms with E-state index in [0.717, 1.165) is 22.3 Å². The Morgan fingerprint density at radius 3 is 2.34 bits per heavy atom. The lowest BCUT2D eigenvalue weighted by Gasteiger charge is -2.38. The monoisotopic (exact) mass is 480 g/mol. The van der Waals surface area contributed by atoms with Gasteiger partial charge in [0.15, 0.2) is 0 Å². The molecule has 1 saturated heterocycles. The number of carbonyl (C=O) groups excluding carboxylic acids is 2. The smallest absolute Gasteiger partial charge is 0.407 e. The van der Waals surface area contributed by atoms with Crippen molar-refractivity contribution in [1.29, 1.82) is 0 Å². The van der Waals surface area contributed by atoms with Gasteiger partial charge < -0.3 is 24.8 Å². The number of aliphatic carboxylic acids is 1. The van der Waals surface area contributed by atoms with E-state index in [1.807, 2.05) is 24.3 Å². The van der Waals surface area contributed by atoms with Crippen LogP contribution in [-0.2, 0) is 19.1 Å². The molecule has 8 heteroatoms. The topological polar surface area (TPSA) is 105 Å². The van der Waals surface area contributed by atoms with Crippen molar-refractivity contribution < 1.29 is 29.0 Å². The first-order chi connectivity index (χ1) is 16.8. The molecule has 1 heterocycles. The summed E-state index contributed by atoms with van der Waals surface area (Å²) in [6.07, 6.45) is 0.127. The standard InChI is InChI=1S/C27H32N2O6/c1-27(25(31)32)12-7-13-29(17-27)24(30)14-18(34-2)15-28-26(33)35-16-23-21-10-5-3-8-19(21)20-9-4-6-11-22(20)23/h3-6,8-11,18,23H,7,12-17H2,1-2H3,(H,28,33)(H,31,32). The summed E-state index contributed by atoms with van der Waals surface area (Å²) in [4.78, 5) is 38.4. The Labute approximate surface area is 205 Å². The summed E-state index contributed by atoms with van der Waals surface area (Å²) < 4.78 is 10.9. The van der Waals surface area contributed by atoms with Gasteiger partial charge in [-0.1, -0.05) is 48.5 Å². The summed E-state index contributed by atoms with van der Waals surface area (Å²) in [6, 6.07) is 16.3. The predicted octanol–water partition coefficient (Wildman–Crippen LogP) is 3.64. The number of amides is 2. The maximum absolute atomic E-state index is 12.8. The third-order valence-electron chi connectivity index (χ3n) is 7.12. The fraction of sp³-hybridized carbons (Fsp3) is 0.444. The highest BCUT2D eigenvalue weighted by Crippen LogP contribution is 2.44. The van der Waals surface area contributed by atoms with Crippen molar-refractivity contribution in [2.75, 3.05) is 33.4 Å². The molecule has 2 amide bonds. The van der Waals surface area contributed by atoms with E-state index < -0.39 is 23.6 Å². The van der Waals surface area contributed by atoms with Crippen LogP contribution in [0.3, 0.4) is 0 Å². The van der Waals surface area contributed by atoms with Gasteiger partial charge >= 0.3 is 12.1 Å². The highest BCUT2D eigenvalue weighted by atomic mass is 16.5. The van der Waals surface area contributed by atoms with Crippen LogP contribution >= 0.6 is 0 Å². The number of benzene rings is 2. The van der Waals surface area contributed by atoms with Gasteiger partial charge in [0.25, 0.3) is 0 Å². The molecular weight excluding hydrogens is 448 g/mol. The molecule has 2 atom stereocenters.